The lowest BCUT2D eigenvalue weighted by molar-refractivity contribution is -0.385. The fraction of sp³-hybridized carbons (Fsp3) is 0.333. The number of carboxylic acid groups (broad SMARTS) is 1. The average Bonchev–Trinajstić information content (AvgIpc) is 2.42. The fourth-order valence-corrected chi connectivity index (χ4v) is 2.03. The van der Waals surface area contributed by atoms with Crippen molar-refractivity contribution in [2.75, 3.05) is 12.0 Å². The van der Waals surface area contributed by atoms with Crippen LogP contribution in [0.1, 0.15) is 16.8 Å². The number of nitro benzene ring substituents is 1. The Balaban J connectivity index is 2.89. The lowest BCUT2D eigenvalue weighted by atomic mass is 10.1. The summed E-state index contributed by atoms with van der Waals surface area (Å²) in [6.45, 7) is 0. The summed E-state index contributed by atoms with van der Waals surface area (Å²) in [5, 5.41) is 22.1. The molecule has 0 saturated heterocycles. The second-order valence-corrected chi connectivity index (χ2v) is 4.91. The van der Waals surface area contributed by atoms with Crippen molar-refractivity contribution in [2.45, 2.75) is 12.5 Å². The number of carbonyl (C=O) groups is 2. The number of carbonyl (C=O) groups excluding carboxylic acids is 1. The van der Waals surface area contributed by atoms with Gasteiger partial charge in [0.15, 0.2) is 0 Å². The first kappa shape index (κ1) is 16.0. The van der Waals surface area contributed by atoms with E-state index in [0.29, 0.717) is 5.75 Å². The standard InChI is InChI=1S/C12H14N2O5S/c1-20-7-6-9(12(16)17)13-11(15)8-4-2-3-5-10(8)14(18)19/h2-5,9H,6-7H2,1H3,(H,13,15)(H,16,17)/t9-/m1/s1. The number of para-hydroxylation sites is 1. The predicted octanol–water partition coefficient (Wildman–Crippen LogP) is 1.53. The quantitative estimate of drug-likeness (QED) is 0.583. The molecule has 0 aliphatic rings. The van der Waals surface area contributed by atoms with Crippen LogP contribution in [0.4, 0.5) is 5.69 Å². The topological polar surface area (TPSA) is 110 Å². The van der Waals surface area contributed by atoms with Crippen molar-refractivity contribution in [1.82, 2.24) is 5.32 Å². The number of carboxylic acids is 1. The smallest absolute Gasteiger partial charge is 0.326 e. The number of nitrogens with zero attached hydrogens (tertiary/aromatic N) is 1. The number of nitrogens with one attached hydrogen (secondary N) is 1. The third-order valence-electron chi connectivity index (χ3n) is 2.56. The molecule has 0 unspecified atom stereocenters. The first-order valence-electron chi connectivity index (χ1n) is 5.73. The second kappa shape index (κ2) is 7.49. The van der Waals surface area contributed by atoms with Crippen molar-refractivity contribution in [3.05, 3.63) is 39.9 Å². The molecule has 0 heterocycles. The van der Waals surface area contributed by atoms with E-state index in [9.17, 15) is 19.7 Å². The lowest BCUT2D eigenvalue weighted by Gasteiger charge is -2.13. The first-order chi connectivity index (χ1) is 9.47. The highest BCUT2D eigenvalue weighted by molar-refractivity contribution is 7.98. The minimum atomic E-state index is -1.16. The van der Waals surface area contributed by atoms with Gasteiger partial charge in [-0.1, -0.05) is 12.1 Å². The van der Waals surface area contributed by atoms with Gasteiger partial charge in [0, 0.05) is 6.07 Å². The molecule has 108 valence electrons. The van der Waals surface area contributed by atoms with Crippen molar-refractivity contribution < 1.29 is 19.6 Å². The molecule has 0 aromatic heterocycles. The summed E-state index contributed by atoms with van der Waals surface area (Å²) in [6, 6.07) is 4.36. The maximum atomic E-state index is 12.0. The highest BCUT2D eigenvalue weighted by atomic mass is 32.2. The van der Waals surface area contributed by atoms with Crippen molar-refractivity contribution >= 4 is 29.3 Å². The van der Waals surface area contributed by atoms with Gasteiger partial charge in [0.2, 0.25) is 0 Å². The number of benzene rings is 1. The van der Waals surface area contributed by atoms with Gasteiger partial charge in [0.05, 0.1) is 4.92 Å². The average molecular weight is 298 g/mol. The number of amides is 1. The van der Waals surface area contributed by atoms with E-state index in [0.717, 1.165) is 0 Å². The van der Waals surface area contributed by atoms with E-state index < -0.39 is 22.8 Å². The van der Waals surface area contributed by atoms with Crippen LogP contribution in [0.3, 0.4) is 0 Å². The normalized spacial score (nSPS) is 11.7. The Labute approximate surface area is 119 Å². The molecule has 1 amide bonds. The summed E-state index contributed by atoms with van der Waals surface area (Å²) < 4.78 is 0. The monoisotopic (exact) mass is 298 g/mol. The zero-order chi connectivity index (χ0) is 15.1. The predicted molar refractivity (Wildman–Crippen MR) is 75.0 cm³/mol. The molecule has 0 spiro atoms. The highest BCUT2D eigenvalue weighted by Crippen LogP contribution is 2.17. The van der Waals surface area contributed by atoms with Crippen LogP contribution >= 0.6 is 11.8 Å². The molecule has 0 aliphatic carbocycles. The Bertz CT molecular complexity index is 520. The third kappa shape index (κ3) is 4.23. The zero-order valence-electron chi connectivity index (χ0n) is 10.7. The molecule has 2 N–H and O–H groups in total. The molecule has 0 radical (unpaired) electrons. The van der Waals surface area contributed by atoms with Crippen LogP contribution in [0.5, 0.6) is 0 Å². The van der Waals surface area contributed by atoms with Crippen LogP contribution < -0.4 is 5.32 Å². The van der Waals surface area contributed by atoms with Gasteiger partial charge in [-0.25, -0.2) is 4.79 Å². The zero-order valence-corrected chi connectivity index (χ0v) is 11.6. The summed E-state index contributed by atoms with van der Waals surface area (Å²) in [5.41, 5.74) is -0.494. The van der Waals surface area contributed by atoms with Gasteiger partial charge in [-0.15, -0.1) is 0 Å². The molecular formula is C12H14N2O5S. The molecule has 1 aromatic rings. The van der Waals surface area contributed by atoms with Crippen molar-refractivity contribution in [3.8, 4) is 0 Å². The van der Waals surface area contributed by atoms with Crippen molar-refractivity contribution in [1.29, 1.82) is 0 Å². The Morgan fingerprint density at radius 1 is 1.45 bits per heavy atom. The summed E-state index contributed by atoms with van der Waals surface area (Å²) in [6.07, 6.45) is 2.08. The maximum Gasteiger partial charge on any atom is 0.326 e. The molecule has 0 aliphatic heterocycles. The number of rotatable bonds is 7. The van der Waals surface area contributed by atoms with E-state index in [2.05, 4.69) is 5.32 Å². The number of aliphatic carboxylic acids is 1. The molecular weight excluding hydrogens is 284 g/mol. The molecule has 8 heteroatoms. The van der Waals surface area contributed by atoms with E-state index in [1.807, 2.05) is 6.26 Å². The summed E-state index contributed by atoms with van der Waals surface area (Å²) >= 11 is 1.46. The van der Waals surface area contributed by atoms with Crippen LogP contribution in [0.15, 0.2) is 24.3 Å². The lowest BCUT2D eigenvalue weighted by Crippen LogP contribution is -2.41. The maximum absolute atomic E-state index is 12.0. The summed E-state index contributed by atoms with van der Waals surface area (Å²) in [4.78, 5) is 33.1. The molecule has 0 fully saturated rings. The highest BCUT2D eigenvalue weighted by Gasteiger charge is 2.24. The second-order valence-electron chi connectivity index (χ2n) is 3.92. The molecule has 1 rings (SSSR count). The van der Waals surface area contributed by atoms with Gasteiger partial charge >= 0.3 is 5.97 Å². The van der Waals surface area contributed by atoms with Crippen molar-refractivity contribution in [3.63, 3.8) is 0 Å². The number of hydrogen-bond acceptors (Lipinski definition) is 5. The van der Waals surface area contributed by atoms with Gasteiger partial charge < -0.3 is 10.4 Å². The Kier molecular flexibility index (Phi) is 5.98. The van der Waals surface area contributed by atoms with Crippen LogP contribution in [0, 0.1) is 10.1 Å². The Morgan fingerprint density at radius 3 is 2.65 bits per heavy atom. The van der Waals surface area contributed by atoms with Crippen molar-refractivity contribution in [2.24, 2.45) is 0 Å². The van der Waals surface area contributed by atoms with Crippen LogP contribution in [-0.4, -0.2) is 40.0 Å². The van der Waals surface area contributed by atoms with E-state index in [1.54, 1.807) is 0 Å². The van der Waals surface area contributed by atoms with Crippen LogP contribution in [-0.2, 0) is 4.79 Å². The minimum absolute atomic E-state index is 0.145. The molecule has 0 saturated carbocycles. The van der Waals surface area contributed by atoms with Gasteiger partial charge in [-0.3, -0.25) is 14.9 Å². The SMILES string of the molecule is CSCC[C@@H](NC(=O)c1ccccc1[N+](=O)[O-])C(=O)O. The van der Waals surface area contributed by atoms with E-state index in [1.165, 1.54) is 36.0 Å². The van der Waals surface area contributed by atoms with Crippen LogP contribution in [0.2, 0.25) is 0 Å². The minimum Gasteiger partial charge on any atom is -0.480 e. The van der Waals surface area contributed by atoms with Crippen LogP contribution in [0.25, 0.3) is 0 Å². The molecule has 1 atom stereocenters. The number of thioether (sulfide) groups is 1. The van der Waals surface area contributed by atoms with E-state index >= 15 is 0 Å². The molecule has 0 bridgehead atoms. The fourth-order valence-electron chi connectivity index (χ4n) is 1.55. The molecule has 7 nitrogen and oxygen atoms in total. The largest absolute Gasteiger partial charge is 0.480 e. The Morgan fingerprint density at radius 2 is 2.10 bits per heavy atom. The number of hydrogen-bond donors (Lipinski definition) is 2. The van der Waals surface area contributed by atoms with Gasteiger partial charge in [0.1, 0.15) is 11.6 Å². The van der Waals surface area contributed by atoms with Gasteiger partial charge in [-0.2, -0.15) is 11.8 Å². The molecule has 1 aromatic carbocycles. The van der Waals surface area contributed by atoms with E-state index in [-0.39, 0.29) is 17.7 Å². The summed E-state index contributed by atoms with van der Waals surface area (Å²) in [7, 11) is 0. The van der Waals surface area contributed by atoms with E-state index in [4.69, 9.17) is 5.11 Å². The number of nitro groups is 1. The first-order valence-corrected chi connectivity index (χ1v) is 7.12. The van der Waals surface area contributed by atoms with Gasteiger partial charge in [0.25, 0.3) is 11.6 Å². The van der Waals surface area contributed by atoms with Gasteiger partial charge in [-0.05, 0) is 24.5 Å². The third-order valence-corrected chi connectivity index (χ3v) is 3.20. The Hall–Kier alpha value is -2.09. The summed E-state index contributed by atoms with van der Waals surface area (Å²) in [5.74, 6) is -1.36. The molecule has 20 heavy (non-hydrogen) atoms.